The number of anilines is 2. The summed E-state index contributed by atoms with van der Waals surface area (Å²) in [5.74, 6) is 1.26. The first kappa shape index (κ1) is 24.7. The van der Waals surface area contributed by atoms with Crippen molar-refractivity contribution >= 4 is 17.7 Å². The molecule has 0 heterocycles. The average molecular weight is 457 g/mol. The Morgan fingerprint density at radius 2 is 1.85 bits per heavy atom. The SMILES string of the molecule is N#CCCCOC1=CC[CH]C(/C=C/C=O)=C1OCCc1ccccc1Cc1ccc(N)cc1N. The molecule has 2 aromatic carbocycles. The van der Waals surface area contributed by atoms with Gasteiger partial charge in [0.15, 0.2) is 11.5 Å². The van der Waals surface area contributed by atoms with Gasteiger partial charge in [0, 0.05) is 29.8 Å². The number of hydrogen-bond donors (Lipinski definition) is 2. The lowest BCUT2D eigenvalue weighted by Crippen LogP contribution is -2.11. The molecule has 0 atom stereocenters. The van der Waals surface area contributed by atoms with E-state index in [1.54, 1.807) is 12.1 Å². The van der Waals surface area contributed by atoms with Crippen LogP contribution in [0.3, 0.4) is 0 Å². The predicted octanol–water partition coefficient (Wildman–Crippen LogP) is 4.82. The van der Waals surface area contributed by atoms with Crippen molar-refractivity contribution in [1.29, 1.82) is 5.26 Å². The molecule has 175 valence electrons. The molecule has 0 fully saturated rings. The highest BCUT2D eigenvalue weighted by molar-refractivity contribution is 5.66. The Kier molecular flexibility index (Phi) is 9.36. The van der Waals surface area contributed by atoms with Crippen molar-refractivity contribution in [3.05, 3.63) is 101 Å². The minimum atomic E-state index is 0.433. The van der Waals surface area contributed by atoms with Crippen molar-refractivity contribution in [2.24, 2.45) is 0 Å². The number of nitrogen functional groups attached to an aromatic ring is 2. The van der Waals surface area contributed by atoms with Gasteiger partial charge in [-0.3, -0.25) is 4.79 Å². The Bertz CT molecular complexity index is 1130. The summed E-state index contributed by atoms with van der Waals surface area (Å²) < 4.78 is 12.1. The largest absolute Gasteiger partial charge is 0.490 e. The summed E-state index contributed by atoms with van der Waals surface area (Å²) in [6.07, 6.45) is 11.0. The van der Waals surface area contributed by atoms with Crippen LogP contribution in [0.1, 0.15) is 36.0 Å². The Labute approximate surface area is 201 Å². The Balaban J connectivity index is 1.71. The number of nitriles is 1. The second-order valence-electron chi connectivity index (χ2n) is 7.90. The summed E-state index contributed by atoms with van der Waals surface area (Å²) >= 11 is 0. The van der Waals surface area contributed by atoms with E-state index in [0.29, 0.717) is 68.2 Å². The molecule has 0 amide bonds. The molecule has 6 nitrogen and oxygen atoms in total. The zero-order chi connectivity index (χ0) is 24.2. The van der Waals surface area contributed by atoms with E-state index in [1.807, 2.05) is 36.8 Å². The number of nitrogens with zero attached hydrogens (tertiary/aromatic N) is 1. The first-order chi connectivity index (χ1) is 16.6. The molecule has 0 saturated carbocycles. The summed E-state index contributed by atoms with van der Waals surface area (Å²) in [6, 6.07) is 16.0. The average Bonchev–Trinajstić information content (AvgIpc) is 2.84. The highest BCUT2D eigenvalue weighted by Crippen LogP contribution is 2.28. The fourth-order valence-corrected chi connectivity index (χ4v) is 3.74. The Morgan fingerprint density at radius 1 is 1.03 bits per heavy atom. The minimum Gasteiger partial charge on any atom is -0.490 e. The van der Waals surface area contributed by atoms with Crippen LogP contribution in [0.15, 0.2) is 77.8 Å². The third-order valence-corrected chi connectivity index (χ3v) is 5.46. The number of aldehydes is 1. The van der Waals surface area contributed by atoms with Crippen LogP contribution in [0.2, 0.25) is 0 Å². The van der Waals surface area contributed by atoms with Crippen molar-refractivity contribution in [3.8, 4) is 6.07 Å². The van der Waals surface area contributed by atoms with E-state index in [0.717, 1.165) is 17.4 Å². The van der Waals surface area contributed by atoms with Gasteiger partial charge in [-0.05, 0) is 66.7 Å². The van der Waals surface area contributed by atoms with E-state index in [2.05, 4.69) is 18.2 Å². The Morgan fingerprint density at radius 3 is 2.62 bits per heavy atom. The van der Waals surface area contributed by atoms with Gasteiger partial charge in [-0.2, -0.15) is 5.26 Å². The first-order valence-electron chi connectivity index (χ1n) is 11.4. The number of benzene rings is 2. The molecule has 0 aromatic heterocycles. The molecule has 0 unspecified atom stereocenters. The third kappa shape index (κ3) is 7.01. The third-order valence-electron chi connectivity index (χ3n) is 5.46. The van der Waals surface area contributed by atoms with Gasteiger partial charge in [-0.25, -0.2) is 0 Å². The molecular formula is C28H30N3O3. The number of nitrogens with two attached hydrogens (primary N) is 2. The van der Waals surface area contributed by atoms with E-state index in [1.165, 1.54) is 17.2 Å². The molecule has 1 radical (unpaired) electrons. The summed E-state index contributed by atoms with van der Waals surface area (Å²) in [5.41, 5.74) is 17.5. The van der Waals surface area contributed by atoms with E-state index in [9.17, 15) is 4.79 Å². The minimum absolute atomic E-state index is 0.433. The highest BCUT2D eigenvalue weighted by atomic mass is 16.5. The summed E-state index contributed by atoms with van der Waals surface area (Å²) in [7, 11) is 0. The molecule has 3 rings (SSSR count). The van der Waals surface area contributed by atoms with Gasteiger partial charge < -0.3 is 20.9 Å². The molecule has 0 spiro atoms. The second-order valence-corrected chi connectivity index (χ2v) is 7.90. The number of unbranched alkanes of at least 4 members (excludes halogenated alkanes) is 1. The lowest BCUT2D eigenvalue weighted by Gasteiger charge is -2.21. The Hall–Kier alpha value is -3.98. The summed E-state index contributed by atoms with van der Waals surface area (Å²) in [4.78, 5) is 10.9. The quantitative estimate of drug-likeness (QED) is 0.205. The maximum Gasteiger partial charge on any atom is 0.164 e. The molecule has 0 aliphatic heterocycles. The summed E-state index contributed by atoms with van der Waals surface area (Å²) in [5, 5.41) is 8.75. The van der Waals surface area contributed by atoms with Crippen molar-refractivity contribution < 1.29 is 14.3 Å². The van der Waals surface area contributed by atoms with Crippen molar-refractivity contribution in [3.63, 3.8) is 0 Å². The number of hydrogen-bond acceptors (Lipinski definition) is 6. The molecule has 1 aliphatic rings. The number of allylic oxidation sites excluding steroid dienone is 4. The van der Waals surface area contributed by atoms with Gasteiger partial charge >= 0.3 is 0 Å². The fraction of sp³-hybridized carbons (Fsp3) is 0.250. The monoisotopic (exact) mass is 456 g/mol. The van der Waals surface area contributed by atoms with Gasteiger partial charge in [0.2, 0.25) is 0 Å². The zero-order valence-corrected chi connectivity index (χ0v) is 19.2. The summed E-state index contributed by atoms with van der Waals surface area (Å²) in [6.45, 7) is 0.873. The van der Waals surface area contributed by atoms with Crippen molar-refractivity contribution in [2.45, 2.75) is 32.1 Å². The van der Waals surface area contributed by atoms with Crippen molar-refractivity contribution in [1.82, 2.24) is 0 Å². The van der Waals surface area contributed by atoms with Crippen LogP contribution in [0.4, 0.5) is 11.4 Å². The highest BCUT2D eigenvalue weighted by Gasteiger charge is 2.18. The van der Waals surface area contributed by atoms with Crippen LogP contribution in [0, 0.1) is 17.8 Å². The van der Waals surface area contributed by atoms with Crippen LogP contribution >= 0.6 is 0 Å². The lowest BCUT2D eigenvalue weighted by atomic mass is 9.97. The molecular weight excluding hydrogens is 426 g/mol. The predicted molar refractivity (Wildman–Crippen MR) is 134 cm³/mol. The molecule has 0 saturated heterocycles. The van der Waals surface area contributed by atoms with E-state index >= 15 is 0 Å². The van der Waals surface area contributed by atoms with Crippen LogP contribution in [-0.2, 0) is 27.1 Å². The zero-order valence-electron chi connectivity index (χ0n) is 19.2. The van der Waals surface area contributed by atoms with E-state index in [4.69, 9.17) is 26.2 Å². The molecule has 1 aliphatic carbocycles. The molecule has 4 N–H and O–H groups in total. The standard InChI is InChI=1S/C28H30N3O3/c29-15-3-4-17-33-27-11-5-9-22(10-6-16-32)28(27)34-18-14-21-7-1-2-8-23(21)19-24-12-13-25(30)20-26(24)31/h1-2,6-13,16,20H,3-5,14,17-19,30-31H2/b10-6+. The second kappa shape index (κ2) is 12.9. The van der Waals surface area contributed by atoms with Crippen LogP contribution in [0.5, 0.6) is 0 Å². The number of carbonyl (C=O) groups excluding carboxylic acids is 1. The van der Waals surface area contributed by atoms with Gasteiger partial charge in [-0.1, -0.05) is 36.4 Å². The van der Waals surface area contributed by atoms with Crippen LogP contribution < -0.4 is 11.5 Å². The van der Waals surface area contributed by atoms with Gasteiger partial charge in [-0.15, -0.1) is 0 Å². The maximum atomic E-state index is 10.9. The number of ether oxygens (including phenoxy) is 2. The van der Waals surface area contributed by atoms with Crippen LogP contribution in [0.25, 0.3) is 0 Å². The van der Waals surface area contributed by atoms with Gasteiger partial charge in [0.1, 0.15) is 6.29 Å². The van der Waals surface area contributed by atoms with Crippen LogP contribution in [-0.4, -0.2) is 19.5 Å². The molecule has 34 heavy (non-hydrogen) atoms. The van der Waals surface area contributed by atoms with Gasteiger partial charge in [0.05, 0.1) is 19.3 Å². The molecule has 2 aromatic rings. The van der Waals surface area contributed by atoms with E-state index < -0.39 is 0 Å². The van der Waals surface area contributed by atoms with E-state index in [-0.39, 0.29) is 0 Å². The van der Waals surface area contributed by atoms with Gasteiger partial charge in [0.25, 0.3) is 0 Å². The topological polar surface area (TPSA) is 111 Å². The maximum absolute atomic E-state index is 10.9. The first-order valence-corrected chi connectivity index (χ1v) is 11.4. The lowest BCUT2D eigenvalue weighted by molar-refractivity contribution is -0.104. The van der Waals surface area contributed by atoms with Crippen molar-refractivity contribution in [2.75, 3.05) is 24.7 Å². The molecule has 6 heteroatoms. The molecule has 0 bridgehead atoms. The normalized spacial score (nSPS) is 13.4. The smallest absolute Gasteiger partial charge is 0.164 e. The number of carbonyl (C=O) groups is 1. The fourth-order valence-electron chi connectivity index (χ4n) is 3.74. The number of rotatable bonds is 12.